The molecule has 0 bridgehead atoms. The summed E-state index contributed by atoms with van der Waals surface area (Å²) < 4.78 is 5.45. The van der Waals surface area contributed by atoms with E-state index in [1.165, 1.54) is 50.0 Å². The van der Waals surface area contributed by atoms with Crippen molar-refractivity contribution in [2.45, 2.75) is 39.5 Å². The van der Waals surface area contributed by atoms with Crippen molar-refractivity contribution in [1.29, 1.82) is 0 Å². The van der Waals surface area contributed by atoms with Gasteiger partial charge in [0.2, 0.25) is 0 Å². The van der Waals surface area contributed by atoms with Crippen molar-refractivity contribution in [3.8, 4) is 5.75 Å². The second kappa shape index (κ2) is 11.1. The van der Waals surface area contributed by atoms with E-state index in [9.17, 15) is 0 Å². The van der Waals surface area contributed by atoms with Crippen molar-refractivity contribution in [1.82, 2.24) is 15.5 Å². The van der Waals surface area contributed by atoms with E-state index in [-0.39, 0.29) is 0 Å². The fourth-order valence-electron chi connectivity index (χ4n) is 3.62. The van der Waals surface area contributed by atoms with Crippen LogP contribution in [0.25, 0.3) is 0 Å². The largest absolute Gasteiger partial charge is 0.496 e. The van der Waals surface area contributed by atoms with Gasteiger partial charge < -0.3 is 20.3 Å². The van der Waals surface area contributed by atoms with Gasteiger partial charge in [-0.15, -0.1) is 0 Å². The maximum Gasteiger partial charge on any atom is 0.190 e. The molecular formula is C21H36N4O. The molecule has 1 heterocycles. The minimum Gasteiger partial charge on any atom is -0.496 e. The van der Waals surface area contributed by atoms with Crippen molar-refractivity contribution in [3.05, 3.63) is 29.3 Å². The molecule has 0 radical (unpaired) electrons. The van der Waals surface area contributed by atoms with Gasteiger partial charge in [0.05, 0.1) is 7.11 Å². The predicted molar refractivity (Wildman–Crippen MR) is 110 cm³/mol. The second-order valence-corrected chi connectivity index (χ2v) is 7.16. The van der Waals surface area contributed by atoms with Gasteiger partial charge in [-0.05, 0) is 69.8 Å². The van der Waals surface area contributed by atoms with E-state index in [1.807, 2.05) is 13.1 Å². The summed E-state index contributed by atoms with van der Waals surface area (Å²) in [6, 6.07) is 6.32. The number of hydrogen-bond donors (Lipinski definition) is 2. The van der Waals surface area contributed by atoms with E-state index in [4.69, 9.17) is 4.74 Å². The highest BCUT2D eigenvalue weighted by molar-refractivity contribution is 5.79. The molecule has 1 aliphatic rings. The topological polar surface area (TPSA) is 48.9 Å². The van der Waals surface area contributed by atoms with E-state index in [1.54, 1.807) is 7.11 Å². The normalized spacial score (nSPS) is 16.5. The number of methoxy groups -OCH3 is 1. The monoisotopic (exact) mass is 360 g/mol. The maximum absolute atomic E-state index is 5.45. The number of rotatable bonds is 8. The smallest absolute Gasteiger partial charge is 0.190 e. The Kier molecular flexibility index (Phi) is 8.75. The average Bonchev–Trinajstić information content (AvgIpc) is 2.67. The van der Waals surface area contributed by atoms with Crippen molar-refractivity contribution in [2.75, 3.05) is 46.9 Å². The van der Waals surface area contributed by atoms with Gasteiger partial charge in [-0.1, -0.05) is 24.6 Å². The lowest BCUT2D eigenvalue weighted by Crippen LogP contribution is -2.40. The van der Waals surface area contributed by atoms with E-state index in [0.29, 0.717) is 0 Å². The number of benzene rings is 1. The van der Waals surface area contributed by atoms with Gasteiger partial charge in [0, 0.05) is 20.1 Å². The third kappa shape index (κ3) is 6.52. The van der Waals surface area contributed by atoms with E-state index in [2.05, 4.69) is 46.5 Å². The molecule has 1 aliphatic heterocycles. The molecule has 1 aromatic carbocycles. The number of ether oxygens (including phenoxy) is 1. The summed E-state index contributed by atoms with van der Waals surface area (Å²) in [6.45, 7) is 9.90. The first-order valence-corrected chi connectivity index (χ1v) is 9.96. The molecule has 5 heteroatoms. The minimum atomic E-state index is 0.842. The van der Waals surface area contributed by atoms with E-state index >= 15 is 0 Å². The summed E-state index contributed by atoms with van der Waals surface area (Å²) in [5, 5.41) is 6.88. The summed E-state index contributed by atoms with van der Waals surface area (Å²) in [5.41, 5.74) is 2.50. The summed E-state index contributed by atoms with van der Waals surface area (Å²) >= 11 is 0. The van der Waals surface area contributed by atoms with Crippen LogP contribution in [0.1, 0.15) is 37.3 Å². The first-order valence-electron chi connectivity index (χ1n) is 9.96. The number of hydrogen-bond acceptors (Lipinski definition) is 3. The first kappa shape index (κ1) is 20.6. The van der Waals surface area contributed by atoms with Crippen LogP contribution < -0.4 is 15.4 Å². The second-order valence-electron chi connectivity index (χ2n) is 7.16. The number of guanidine groups is 1. The van der Waals surface area contributed by atoms with Gasteiger partial charge in [0.1, 0.15) is 5.75 Å². The molecular weight excluding hydrogens is 324 g/mol. The molecule has 1 aromatic rings. The first-order chi connectivity index (χ1) is 12.7. The van der Waals surface area contributed by atoms with E-state index < -0.39 is 0 Å². The van der Waals surface area contributed by atoms with Crippen LogP contribution in [0.4, 0.5) is 0 Å². The number of nitrogens with one attached hydrogen (secondary N) is 2. The Balaban J connectivity index is 1.67. The lowest BCUT2D eigenvalue weighted by molar-refractivity contribution is 0.187. The van der Waals surface area contributed by atoms with Crippen LogP contribution in [0.15, 0.2) is 23.2 Å². The molecule has 0 atom stereocenters. The molecule has 2 rings (SSSR count). The average molecular weight is 361 g/mol. The fraction of sp³-hybridized carbons (Fsp3) is 0.667. The molecule has 146 valence electrons. The summed E-state index contributed by atoms with van der Waals surface area (Å²) in [4.78, 5) is 6.89. The molecule has 0 unspecified atom stereocenters. The Hall–Kier alpha value is -1.75. The zero-order valence-corrected chi connectivity index (χ0v) is 17.0. The van der Waals surface area contributed by atoms with Crippen molar-refractivity contribution >= 4 is 5.96 Å². The predicted octanol–water partition coefficient (Wildman–Crippen LogP) is 2.83. The summed E-state index contributed by atoms with van der Waals surface area (Å²) in [6.07, 6.45) is 4.80. The molecule has 26 heavy (non-hydrogen) atoms. The van der Waals surface area contributed by atoms with Gasteiger partial charge >= 0.3 is 0 Å². The van der Waals surface area contributed by atoms with Gasteiger partial charge in [-0.2, -0.15) is 0 Å². The molecule has 1 saturated heterocycles. The summed E-state index contributed by atoms with van der Waals surface area (Å²) in [5.74, 6) is 2.70. The molecule has 0 saturated carbocycles. The Morgan fingerprint density at radius 3 is 2.62 bits per heavy atom. The SMILES string of the molecule is CCN1CCC(CCNC(=NC)NCCc2cc(C)ccc2OC)CC1. The number of aryl methyl sites for hydroxylation is 1. The molecule has 0 amide bonds. The van der Waals surface area contributed by atoms with Crippen LogP contribution >= 0.6 is 0 Å². The Morgan fingerprint density at radius 1 is 1.23 bits per heavy atom. The Bertz CT molecular complexity index is 565. The zero-order chi connectivity index (χ0) is 18.8. The van der Waals surface area contributed by atoms with Gasteiger partial charge in [0.15, 0.2) is 5.96 Å². The number of piperidine rings is 1. The molecule has 0 aromatic heterocycles. The third-order valence-corrected chi connectivity index (χ3v) is 5.35. The molecule has 2 N–H and O–H groups in total. The van der Waals surface area contributed by atoms with Crippen LogP contribution in [-0.2, 0) is 6.42 Å². The van der Waals surface area contributed by atoms with Crippen molar-refractivity contribution in [2.24, 2.45) is 10.9 Å². The Morgan fingerprint density at radius 2 is 1.96 bits per heavy atom. The summed E-state index contributed by atoms with van der Waals surface area (Å²) in [7, 11) is 3.56. The van der Waals surface area contributed by atoms with Crippen LogP contribution in [0.2, 0.25) is 0 Å². The minimum absolute atomic E-state index is 0.842. The molecule has 0 spiro atoms. The van der Waals surface area contributed by atoms with Crippen LogP contribution in [0.3, 0.4) is 0 Å². The van der Waals surface area contributed by atoms with Crippen LogP contribution in [0, 0.1) is 12.8 Å². The third-order valence-electron chi connectivity index (χ3n) is 5.35. The Labute approximate surface area is 159 Å². The van der Waals surface area contributed by atoms with Crippen LogP contribution in [0.5, 0.6) is 5.75 Å². The van der Waals surface area contributed by atoms with Crippen LogP contribution in [-0.4, -0.2) is 57.7 Å². The van der Waals surface area contributed by atoms with Gasteiger partial charge in [-0.3, -0.25) is 4.99 Å². The quantitative estimate of drug-likeness (QED) is 0.553. The number of aliphatic imine (C=N–C) groups is 1. The highest BCUT2D eigenvalue weighted by Crippen LogP contribution is 2.20. The maximum atomic E-state index is 5.45. The fourth-order valence-corrected chi connectivity index (χ4v) is 3.62. The van der Waals surface area contributed by atoms with Crippen molar-refractivity contribution < 1.29 is 4.74 Å². The molecule has 0 aliphatic carbocycles. The highest BCUT2D eigenvalue weighted by Gasteiger charge is 2.17. The zero-order valence-electron chi connectivity index (χ0n) is 17.0. The van der Waals surface area contributed by atoms with Gasteiger partial charge in [-0.25, -0.2) is 0 Å². The molecule has 1 fully saturated rings. The standard InChI is InChI=1S/C21H36N4O/c1-5-25-14-10-18(11-15-25)8-12-23-21(22-3)24-13-9-19-16-17(2)6-7-20(19)26-4/h6-7,16,18H,5,8-15H2,1-4H3,(H2,22,23,24). The molecule has 5 nitrogen and oxygen atoms in total. The highest BCUT2D eigenvalue weighted by atomic mass is 16.5. The number of nitrogens with zero attached hydrogens (tertiary/aromatic N) is 2. The lowest BCUT2D eigenvalue weighted by atomic mass is 9.93. The van der Waals surface area contributed by atoms with Crippen molar-refractivity contribution in [3.63, 3.8) is 0 Å². The number of likely N-dealkylation sites (tertiary alicyclic amines) is 1. The van der Waals surface area contributed by atoms with Gasteiger partial charge in [0.25, 0.3) is 0 Å². The lowest BCUT2D eigenvalue weighted by Gasteiger charge is -2.31. The van der Waals surface area contributed by atoms with E-state index in [0.717, 1.165) is 37.1 Å².